The molecule has 0 unspecified atom stereocenters. The summed E-state index contributed by atoms with van der Waals surface area (Å²) in [5.74, 6) is 0.663. The lowest BCUT2D eigenvalue weighted by molar-refractivity contribution is 0.959. The summed E-state index contributed by atoms with van der Waals surface area (Å²) in [5.41, 5.74) is 0.586. The zero-order valence-electron chi connectivity index (χ0n) is 8.27. The molecule has 1 aliphatic rings. The van der Waals surface area contributed by atoms with Gasteiger partial charge in [0.15, 0.2) is 5.96 Å². The van der Waals surface area contributed by atoms with Crippen LogP contribution in [0, 0.1) is 0 Å². The second kappa shape index (κ2) is 4.07. The summed E-state index contributed by atoms with van der Waals surface area (Å²) in [4.78, 5) is 4.17. The molecule has 0 fully saturated rings. The van der Waals surface area contributed by atoms with Crippen molar-refractivity contribution in [2.45, 2.75) is 0 Å². The quantitative estimate of drug-likeness (QED) is 0.778. The lowest BCUT2D eigenvalue weighted by Gasteiger charge is -2.09. The molecular formula is C9H9Cl2N3. The van der Waals surface area contributed by atoms with Crippen LogP contribution in [0.4, 0.5) is 5.69 Å². The topological polar surface area (TPSA) is 36.4 Å². The summed E-state index contributed by atoms with van der Waals surface area (Å²) in [6.07, 6.45) is 0. The molecule has 0 bridgehead atoms. The van der Waals surface area contributed by atoms with Gasteiger partial charge in [-0.05, 0) is 12.1 Å². The summed E-state index contributed by atoms with van der Waals surface area (Å²) in [7, 11) is 0. The number of nitrogens with one attached hydrogen (secondary N) is 2. The molecule has 0 amide bonds. The first-order valence-corrected chi connectivity index (χ1v) is 4.93. The Morgan fingerprint density at radius 1 is 1.43 bits per heavy atom. The molecule has 1 aromatic rings. The largest absolute Gasteiger partial charge is 0.354 e. The molecule has 3 nitrogen and oxygen atoms in total. The third-order valence-corrected chi connectivity index (χ3v) is 2.41. The number of halogens is 2. The Kier molecular flexibility index (Phi) is 2.44. The normalized spacial score (nSPS) is 15.9. The van der Waals surface area contributed by atoms with Gasteiger partial charge in [-0.15, -0.1) is 0 Å². The number of hydrogen-bond donors (Lipinski definition) is 2. The van der Waals surface area contributed by atoms with Gasteiger partial charge >= 0.3 is 0 Å². The van der Waals surface area contributed by atoms with Gasteiger partial charge in [-0.3, -0.25) is 4.99 Å². The number of nitrogens with zero attached hydrogens (tertiary/aromatic N) is 1. The number of anilines is 1. The van der Waals surface area contributed by atoms with Crippen molar-refractivity contribution in [2.75, 3.05) is 18.4 Å². The Hall–Kier alpha value is -0.930. The zero-order valence-corrected chi connectivity index (χ0v) is 8.78. The van der Waals surface area contributed by atoms with E-state index in [-0.39, 0.29) is 6.04 Å². The molecule has 2 N–H and O–H groups in total. The van der Waals surface area contributed by atoms with Crippen molar-refractivity contribution in [2.24, 2.45) is 4.99 Å². The van der Waals surface area contributed by atoms with Crippen LogP contribution >= 0.6 is 23.2 Å². The van der Waals surface area contributed by atoms with Gasteiger partial charge in [0.2, 0.25) is 0 Å². The van der Waals surface area contributed by atoms with Crippen LogP contribution in [-0.2, 0) is 0 Å². The summed E-state index contributed by atoms with van der Waals surface area (Å²) < 4.78 is 7.42. The second-order valence-corrected chi connectivity index (χ2v) is 3.62. The van der Waals surface area contributed by atoms with Gasteiger partial charge in [-0.2, -0.15) is 0 Å². The van der Waals surface area contributed by atoms with Crippen LogP contribution in [0.3, 0.4) is 0 Å². The number of rotatable bonds is 1. The van der Waals surface area contributed by atoms with E-state index in [9.17, 15) is 0 Å². The van der Waals surface area contributed by atoms with Crippen LogP contribution in [0.1, 0.15) is 1.37 Å². The van der Waals surface area contributed by atoms with Crippen molar-refractivity contribution >= 4 is 34.8 Å². The first-order valence-electron chi connectivity index (χ1n) is 4.68. The highest BCUT2D eigenvalue weighted by atomic mass is 35.5. The van der Waals surface area contributed by atoms with Gasteiger partial charge in [-0.1, -0.05) is 29.2 Å². The van der Waals surface area contributed by atoms with Crippen LogP contribution in [0.2, 0.25) is 10.0 Å². The summed E-state index contributed by atoms with van der Waals surface area (Å²) in [6.45, 7) is 1.56. The van der Waals surface area contributed by atoms with Crippen LogP contribution in [0.25, 0.3) is 0 Å². The van der Waals surface area contributed by atoms with E-state index in [4.69, 9.17) is 24.6 Å². The average Bonchev–Trinajstić information content (AvgIpc) is 2.63. The predicted octanol–water partition coefficient (Wildman–Crippen LogP) is 2.36. The van der Waals surface area contributed by atoms with Crippen LogP contribution in [0.5, 0.6) is 0 Å². The van der Waals surface area contributed by atoms with Crippen LogP contribution in [-0.4, -0.2) is 19.0 Å². The molecule has 0 saturated heterocycles. The molecule has 5 heteroatoms. The Morgan fingerprint density at radius 3 is 2.71 bits per heavy atom. The molecule has 0 spiro atoms. The Balaban J connectivity index is 2.27. The van der Waals surface area contributed by atoms with Crippen molar-refractivity contribution in [1.82, 2.24) is 5.32 Å². The van der Waals surface area contributed by atoms with E-state index in [0.717, 1.165) is 13.1 Å². The molecule has 1 heterocycles. The lowest BCUT2D eigenvalue weighted by atomic mass is 10.3. The average molecular weight is 231 g/mol. The maximum Gasteiger partial charge on any atom is 0.196 e. The fourth-order valence-corrected chi connectivity index (χ4v) is 1.64. The molecule has 0 saturated carbocycles. The Labute approximate surface area is 93.5 Å². The minimum Gasteiger partial charge on any atom is -0.354 e. The molecule has 0 atom stereocenters. The van der Waals surface area contributed by atoms with Crippen molar-refractivity contribution < 1.29 is 1.37 Å². The molecule has 0 aromatic heterocycles. The van der Waals surface area contributed by atoms with Crippen molar-refractivity contribution in [3.8, 4) is 0 Å². The standard InChI is InChI=1S/C9H9Cl2N3/c10-6-2-1-3-7(11)8(6)14-9-12-4-5-13-9/h1-3H,4-5H2,(H2,12,13,14)/i1D. The molecular weight excluding hydrogens is 221 g/mol. The van der Waals surface area contributed by atoms with Crippen LogP contribution in [0.15, 0.2) is 23.2 Å². The first-order chi connectivity index (χ1) is 7.16. The maximum atomic E-state index is 7.42. The third kappa shape index (κ3) is 1.94. The van der Waals surface area contributed by atoms with E-state index in [2.05, 4.69) is 15.6 Å². The monoisotopic (exact) mass is 230 g/mol. The van der Waals surface area contributed by atoms with E-state index in [1.165, 1.54) is 12.1 Å². The first kappa shape index (κ1) is 8.38. The van der Waals surface area contributed by atoms with Gasteiger partial charge in [0.25, 0.3) is 0 Å². The molecule has 74 valence electrons. The minimum atomic E-state index is 0.289. The molecule has 1 aromatic carbocycles. The second-order valence-electron chi connectivity index (χ2n) is 2.81. The highest BCUT2D eigenvalue weighted by Crippen LogP contribution is 2.29. The number of aliphatic imine (C=N–C) groups is 1. The van der Waals surface area contributed by atoms with Crippen molar-refractivity contribution in [1.29, 1.82) is 0 Å². The van der Waals surface area contributed by atoms with Crippen molar-refractivity contribution in [3.05, 3.63) is 28.2 Å². The highest BCUT2D eigenvalue weighted by molar-refractivity contribution is 6.39. The molecule has 1 aliphatic heterocycles. The Morgan fingerprint density at radius 2 is 2.14 bits per heavy atom. The fraction of sp³-hybridized carbons (Fsp3) is 0.222. The zero-order chi connectivity index (χ0) is 10.8. The van der Waals surface area contributed by atoms with Crippen LogP contribution < -0.4 is 10.6 Å². The molecule has 14 heavy (non-hydrogen) atoms. The fourth-order valence-electron chi connectivity index (χ4n) is 1.17. The maximum absolute atomic E-state index is 7.42. The van der Waals surface area contributed by atoms with Gasteiger partial charge in [-0.25, -0.2) is 0 Å². The van der Waals surface area contributed by atoms with Gasteiger partial charge < -0.3 is 10.6 Å². The number of guanidine groups is 1. The molecule has 2 rings (SSSR count). The highest BCUT2D eigenvalue weighted by Gasteiger charge is 2.09. The van der Waals surface area contributed by atoms with E-state index in [1.807, 2.05) is 0 Å². The SMILES string of the molecule is [2H]c1cc(Cl)c(NC2=NCCN2)c(Cl)c1. The predicted molar refractivity (Wildman–Crippen MR) is 60.4 cm³/mol. The van der Waals surface area contributed by atoms with E-state index < -0.39 is 0 Å². The smallest absolute Gasteiger partial charge is 0.196 e. The lowest BCUT2D eigenvalue weighted by Crippen LogP contribution is -2.26. The van der Waals surface area contributed by atoms with E-state index in [0.29, 0.717) is 21.7 Å². The number of benzene rings is 1. The van der Waals surface area contributed by atoms with E-state index >= 15 is 0 Å². The van der Waals surface area contributed by atoms with Crippen molar-refractivity contribution in [3.63, 3.8) is 0 Å². The van der Waals surface area contributed by atoms with Gasteiger partial charge in [0.05, 0.1) is 23.6 Å². The molecule has 0 aliphatic carbocycles. The summed E-state index contributed by atoms with van der Waals surface area (Å²) in [6, 6.07) is 3.35. The third-order valence-electron chi connectivity index (χ3n) is 1.82. The number of para-hydroxylation sites is 1. The van der Waals surface area contributed by atoms with Gasteiger partial charge in [0, 0.05) is 6.54 Å². The van der Waals surface area contributed by atoms with Gasteiger partial charge in [0.1, 0.15) is 0 Å². The number of hydrogen-bond acceptors (Lipinski definition) is 3. The minimum absolute atomic E-state index is 0.289. The summed E-state index contributed by atoms with van der Waals surface area (Å²) in [5, 5.41) is 6.89. The van der Waals surface area contributed by atoms with E-state index in [1.54, 1.807) is 0 Å². The molecule has 0 radical (unpaired) electrons. The Bertz CT molecular complexity index is 397. The summed E-state index contributed by atoms with van der Waals surface area (Å²) >= 11 is 11.9.